The van der Waals surface area contributed by atoms with Gasteiger partial charge < -0.3 is 15.0 Å². The Bertz CT molecular complexity index is 936. The van der Waals surface area contributed by atoms with Gasteiger partial charge in [0, 0.05) is 18.3 Å². The van der Waals surface area contributed by atoms with Crippen molar-refractivity contribution < 1.29 is 14.3 Å². The third-order valence-corrected chi connectivity index (χ3v) is 7.12. The van der Waals surface area contributed by atoms with Crippen LogP contribution in [0.25, 0.3) is 0 Å². The smallest absolute Gasteiger partial charge is 0.242 e. The number of hydrogen-bond donors (Lipinski definition) is 1. The van der Waals surface area contributed by atoms with Crippen LogP contribution in [0.5, 0.6) is 5.75 Å². The minimum absolute atomic E-state index is 0.0266. The minimum atomic E-state index is -0.536. The van der Waals surface area contributed by atoms with Crippen molar-refractivity contribution in [3.63, 3.8) is 0 Å². The predicted molar refractivity (Wildman–Crippen MR) is 135 cm³/mol. The largest absolute Gasteiger partial charge is 0.497 e. The highest BCUT2D eigenvalue weighted by Crippen LogP contribution is 2.21. The van der Waals surface area contributed by atoms with Crippen LogP contribution in [0.2, 0.25) is 0 Å². The molecular formula is C27H36N2O3S. The quantitative estimate of drug-likeness (QED) is 0.532. The molecule has 33 heavy (non-hydrogen) atoms. The summed E-state index contributed by atoms with van der Waals surface area (Å²) >= 11 is 1.59. The van der Waals surface area contributed by atoms with Gasteiger partial charge in [-0.2, -0.15) is 0 Å². The maximum Gasteiger partial charge on any atom is 0.242 e. The standard InChI is InChI=1S/C27H36N2O3S/c1-19-12-20(2)14-23(13-19)17-33-18-26(30)29(16-22-8-7-11-25(15-22)32-4)21(3)27(31)28-24-9-5-6-10-24/h7-8,11-15,21,24H,5-6,9-10,16-18H2,1-4H3,(H,28,31)/t21-/m0/s1. The van der Waals surface area contributed by atoms with Crippen LogP contribution in [0.3, 0.4) is 0 Å². The zero-order valence-electron chi connectivity index (χ0n) is 20.2. The maximum absolute atomic E-state index is 13.3. The molecule has 6 heteroatoms. The summed E-state index contributed by atoms with van der Waals surface area (Å²) < 4.78 is 5.34. The van der Waals surface area contributed by atoms with E-state index in [1.165, 1.54) is 16.7 Å². The summed E-state index contributed by atoms with van der Waals surface area (Å²) in [6, 6.07) is 13.9. The van der Waals surface area contributed by atoms with Gasteiger partial charge in [-0.25, -0.2) is 0 Å². The van der Waals surface area contributed by atoms with Gasteiger partial charge in [-0.1, -0.05) is 54.3 Å². The lowest BCUT2D eigenvalue weighted by Crippen LogP contribution is -2.50. The van der Waals surface area contributed by atoms with Crippen molar-refractivity contribution in [2.75, 3.05) is 12.9 Å². The summed E-state index contributed by atoms with van der Waals surface area (Å²) in [6.07, 6.45) is 4.35. The number of thioether (sulfide) groups is 1. The van der Waals surface area contributed by atoms with Gasteiger partial charge in [0.1, 0.15) is 11.8 Å². The first-order valence-corrected chi connectivity index (χ1v) is 12.9. The number of nitrogens with one attached hydrogen (secondary N) is 1. The molecule has 3 rings (SSSR count). The fourth-order valence-corrected chi connectivity index (χ4v) is 5.28. The van der Waals surface area contributed by atoms with Crippen molar-refractivity contribution >= 4 is 23.6 Å². The van der Waals surface area contributed by atoms with E-state index in [1.54, 1.807) is 23.8 Å². The van der Waals surface area contributed by atoms with Crippen LogP contribution in [-0.4, -0.2) is 41.7 Å². The molecule has 0 unspecified atom stereocenters. The number of amides is 2. The van der Waals surface area contributed by atoms with E-state index in [2.05, 4.69) is 37.4 Å². The molecule has 0 spiro atoms. The number of aryl methyl sites for hydroxylation is 2. The van der Waals surface area contributed by atoms with Crippen molar-refractivity contribution in [1.82, 2.24) is 10.2 Å². The van der Waals surface area contributed by atoms with Crippen LogP contribution >= 0.6 is 11.8 Å². The van der Waals surface area contributed by atoms with Gasteiger partial charge in [-0.3, -0.25) is 9.59 Å². The monoisotopic (exact) mass is 468 g/mol. The number of rotatable bonds is 10. The van der Waals surface area contributed by atoms with Crippen LogP contribution < -0.4 is 10.1 Å². The van der Waals surface area contributed by atoms with Crippen molar-refractivity contribution in [3.8, 4) is 5.75 Å². The molecule has 0 aliphatic heterocycles. The Hall–Kier alpha value is -2.47. The summed E-state index contributed by atoms with van der Waals surface area (Å²) in [5, 5.41) is 3.15. The highest BCUT2D eigenvalue weighted by molar-refractivity contribution is 7.99. The van der Waals surface area contributed by atoms with E-state index in [1.807, 2.05) is 31.2 Å². The number of nitrogens with zero attached hydrogens (tertiary/aromatic N) is 1. The van der Waals surface area contributed by atoms with E-state index >= 15 is 0 Å². The lowest BCUT2D eigenvalue weighted by atomic mass is 10.1. The molecule has 1 N–H and O–H groups in total. The first-order valence-electron chi connectivity index (χ1n) is 11.7. The number of methoxy groups -OCH3 is 1. The second-order valence-corrected chi connectivity index (χ2v) is 10.0. The van der Waals surface area contributed by atoms with Gasteiger partial charge in [0.15, 0.2) is 0 Å². The van der Waals surface area contributed by atoms with E-state index in [0.717, 1.165) is 42.7 Å². The molecule has 1 aliphatic carbocycles. The van der Waals surface area contributed by atoms with Crippen LogP contribution in [0.15, 0.2) is 42.5 Å². The van der Waals surface area contributed by atoms with E-state index in [-0.39, 0.29) is 17.9 Å². The number of ether oxygens (including phenoxy) is 1. The van der Waals surface area contributed by atoms with Gasteiger partial charge in [-0.05, 0) is 56.9 Å². The second kappa shape index (κ2) is 12.1. The zero-order chi connectivity index (χ0) is 23.8. The number of carbonyl (C=O) groups excluding carboxylic acids is 2. The average Bonchev–Trinajstić information content (AvgIpc) is 3.29. The van der Waals surface area contributed by atoms with Gasteiger partial charge in [0.2, 0.25) is 11.8 Å². The molecule has 5 nitrogen and oxygen atoms in total. The topological polar surface area (TPSA) is 58.6 Å². The van der Waals surface area contributed by atoms with Crippen LogP contribution in [0.1, 0.15) is 54.9 Å². The summed E-state index contributed by atoms with van der Waals surface area (Å²) in [6.45, 7) is 6.38. The van der Waals surface area contributed by atoms with E-state index in [4.69, 9.17) is 4.74 Å². The Balaban J connectivity index is 1.68. The predicted octanol–water partition coefficient (Wildman–Crippen LogP) is 5.02. The molecule has 0 aromatic heterocycles. The van der Waals surface area contributed by atoms with Crippen molar-refractivity contribution in [1.29, 1.82) is 0 Å². The molecule has 0 heterocycles. The van der Waals surface area contributed by atoms with Crippen LogP contribution in [0, 0.1) is 13.8 Å². The SMILES string of the molecule is COc1cccc(CN(C(=O)CSCc2cc(C)cc(C)c2)[C@@H](C)C(=O)NC2CCCC2)c1. The van der Waals surface area contributed by atoms with Crippen LogP contribution in [-0.2, 0) is 21.9 Å². The fraction of sp³-hybridized carbons (Fsp3) is 0.481. The Labute approximate surface area is 202 Å². The number of carbonyl (C=O) groups is 2. The maximum atomic E-state index is 13.3. The summed E-state index contributed by atoms with van der Waals surface area (Å²) in [5.41, 5.74) is 4.63. The summed E-state index contributed by atoms with van der Waals surface area (Å²) in [7, 11) is 1.63. The molecule has 2 amide bonds. The average molecular weight is 469 g/mol. The number of hydrogen-bond acceptors (Lipinski definition) is 4. The highest BCUT2D eigenvalue weighted by atomic mass is 32.2. The van der Waals surface area contributed by atoms with E-state index in [0.29, 0.717) is 12.3 Å². The first-order chi connectivity index (χ1) is 15.9. The molecule has 178 valence electrons. The van der Waals surface area contributed by atoms with Crippen molar-refractivity contribution in [2.24, 2.45) is 0 Å². The van der Waals surface area contributed by atoms with Gasteiger partial charge in [0.25, 0.3) is 0 Å². The molecule has 1 aliphatic rings. The van der Waals surface area contributed by atoms with Crippen molar-refractivity contribution in [2.45, 2.75) is 70.8 Å². The fourth-order valence-electron chi connectivity index (χ4n) is 4.43. The highest BCUT2D eigenvalue weighted by Gasteiger charge is 2.28. The minimum Gasteiger partial charge on any atom is -0.497 e. The molecular weight excluding hydrogens is 432 g/mol. The molecule has 2 aromatic carbocycles. The van der Waals surface area contributed by atoms with Crippen molar-refractivity contribution in [3.05, 3.63) is 64.7 Å². The Morgan fingerprint density at radius 3 is 2.45 bits per heavy atom. The van der Waals surface area contributed by atoms with E-state index < -0.39 is 6.04 Å². The molecule has 1 atom stereocenters. The van der Waals surface area contributed by atoms with E-state index in [9.17, 15) is 9.59 Å². The third-order valence-electron chi connectivity index (χ3n) is 6.13. The van der Waals surface area contributed by atoms with Gasteiger partial charge in [-0.15, -0.1) is 11.8 Å². The summed E-state index contributed by atoms with van der Waals surface area (Å²) in [5.74, 6) is 1.74. The lowest BCUT2D eigenvalue weighted by Gasteiger charge is -2.30. The van der Waals surface area contributed by atoms with Crippen LogP contribution in [0.4, 0.5) is 0 Å². The molecule has 1 fully saturated rings. The molecule has 0 saturated heterocycles. The Morgan fingerprint density at radius 1 is 1.09 bits per heavy atom. The first kappa shape index (κ1) is 25.2. The second-order valence-electron chi connectivity index (χ2n) is 9.03. The molecule has 0 radical (unpaired) electrons. The normalized spacial score (nSPS) is 14.7. The summed E-state index contributed by atoms with van der Waals surface area (Å²) in [4.78, 5) is 28.0. The molecule has 2 aromatic rings. The molecule has 0 bridgehead atoms. The molecule has 1 saturated carbocycles. The lowest BCUT2D eigenvalue weighted by molar-refractivity contribution is -0.138. The Kier molecular flexibility index (Phi) is 9.24. The number of benzene rings is 2. The van der Waals surface area contributed by atoms with Gasteiger partial charge >= 0.3 is 0 Å². The third kappa shape index (κ3) is 7.53. The zero-order valence-corrected chi connectivity index (χ0v) is 21.0. The van der Waals surface area contributed by atoms with Gasteiger partial charge in [0.05, 0.1) is 12.9 Å². The Morgan fingerprint density at radius 2 is 1.79 bits per heavy atom.